The SMILES string of the molecule is CCCCN(CCCl)S(=O)(=O)N1CCCC1. The molecule has 1 aliphatic heterocycles. The summed E-state index contributed by atoms with van der Waals surface area (Å²) < 4.78 is 27.5. The van der Waals surface area contributed by atoms with Gasteiger partial charge in [-0.25, -0.2) is 0 Å². The van der Waals surface area contributed by atoms with E-state index < -0.39 is 10.2 Å². The zero-order chi connectivity index (χ0) is 12.0. The van der Waals surface area contributed by atoms with Gasteiger partial charge in [0, 0.05) is 32.1 Å². The molecule has 0 aromatic rings. The van der Waals surface area contributed by atoms with E-state index in [2.05, 4.69) is 6.92 Å². The van der Waals surface area contributed by atoms with Crippen LogP contribution in [0.2, 0.25) is 0 Å². The second-order valence-electron chi connectivity index (χ2n) is 4.06. The molecule has 0 spiro atoms. The van der Waals surface area contributed by atoms with Crippen molar-refractivity contribution in [1.29, 1.82) is 0 Å². The first-order valence-electron chi connectivity index (χ1n) is 5.94. The van der Waals surface area contributed by atoms with E-state index in [0.29, 0.717) is 32.1 Å². The van der Waals surface area contributed by atoms with Gasteiger partial charge in [-0.05, 0) is 19.3 Å². The lowest BCUT2D eigenvalue weighted by Crippen LogP contribution is -2.43. The van der Waals surface area contributed by atoms with E-state index in [1.165, 1.54) is 4.31 Å². The first-order valence-corrected chi connectivity index (χ1v) is 7.87. The number of hydrogen-bond donors (Lipinski definition) is 0. The van der Waals surface area contributed by atoms with Crippen LogP contribution in [0.25, 0.3) is 0 Å². The van der Waals surface area contributed by atoms with Crippen molar-refractivity contribution in [3.05, 3.63) is 0 Å². The molecule has 0 N–H and O–H groups in total. The number of nitrogens with zero attached hydrogens (tertiary/aromatic N) is 2. The topological polar surface area (TPSA) is 40.6 Å². The van der Waals surface area contributed by atoms with E-state index in [1.54, 1.807) is 4.31 Å². The minimum atomic E-state index is -3.25. The molecule has 0 atom stereocenters. The maximum absolute atomic E-state index is 12.2. The van der Waals surface area contributed by atoms with Crippen molar-refractivity contribution in [3.8, 4) is 0 Å². The lowest BCUT2D eigenvalue weighted by atomic mass is 10.3. The third-order valence-electron chi connectivity index (χ3n) is 2.81. The summed E-state index contributed by atoms with van der Waals surface area (Å²) >= 11 is 5.66. The molecule has 4 nitrogen and oxygen atoms in total. The summed E-state index contributed by atoms with van der Waals surface area (Å²) in [5.41, 5.74) is 0. The number of halogens is 1. The molecular weight excluding hydrogens is 248 g/mol. The number of hydrogen-bond acceptors (Lipinski definition) is 2. The second kappa shape index (κ2) is 6.79. The van der Waals surface area contributed by atoms with Crippen LogP contribution in [-0.2, 0) is 10.2 Å². The molecule has 1 aliphatic rings. The third-order valence-corrected chi connectivity index (χ3v) is 5.02. The highest BCUT2D eigenvalue weighted by Crippen LogP contribution is 2.17. The fraction of sp³-hybridized carbons (Fsp3) is 1.00. The lowest BCUT2D eigenvalue weighted by molar-refractivity contribution is 0.366. The van der Waals surface area contributed by atoms with Crippen molar-refractivity contribution >= 4 is 21.8 Å². The summed E-state index contributed by atoms with van der Waals surface area (Å²) in [7, 11) is -3.25. The monoisotopic (exact) mass is 268 g/mol. The van der Waals surface area contributed by atoms with Gasteiger partial charge in [0.25, 0.3) is 10.2 Å². The highest BCUT2D eigenvalue weighted by atomic mass is 35.5. The smallest absolute Gasteiger partial charge is 0.195 e. The summed E-state index contributed by atoms with van der Waals surface area (Å²) in [6.45, 7) is 4.38. The van der Waals surface area contributed by atoms with Crippen molar-refractivity contribution < 1.29 is 8.42 Å². The van der Waals surface area contributed by atoms with Gasteiger partial charge in [0.1, 0.15) is 0 Å². The van der Waals surface area contributed by atoms with E-state index in [0.717, 1.165) is 25.7 Å². The maximum atomic E-state index is 12.2. The molecule has 0 amide bonds. The van der Waals surface area contributed by atoms with Crippen molar-refractivity contribution in [1.82, 2.24) is 8.61 Å². The quantitative estimate of drug-likeness (QED) is 0.659. The lowest BCUT2D eigenvalue weighted by Gasteiger charge is -2.26. The van der Waals surface area contributed by atoms with Crippen molar-refractivity contribution in [2.45, 2.75) is 32.6 Å². The molecule has 6 heteroatoms. The molecule has 1 saturated heterocycles. The van der Waals surface area contributed by atoms with Gasteiger partial charge >= 0.3 is 0 Å². The second-order valence-corrected chi connectivity index (χ2v) is 6.36. The van der Waals surface area contributed by atoms with Crippen molar-refractivity contribution in [2.75, 3.05) is 32.1 Å². The summed E-state index contributed by atoms with van der Waals surface area (Å²) in [5, 5.41) is 0. The molecule has 96 valence electrons. The molecule has 1 heterocycles. The molecule has 0 aromatic heterocycles. The molecule has 0 aromatic carbocycles. The van der Waals surface area contributed by atoms with Crippen LogP contribution in [-0.4, -0.2) is 49.1 Å². The molecule has 0 unspecified atom stereocenters. The average Bonchev–Trinajstić information content (AvgIpc) is 2.77. The molecule has 16 heavy (non-hydrogen) atoms. The summed E-state index contributed by atoms with van der Waals surface area (Å²) in [5.74, 6) is 0.358. The Kier molecular flexibility index (Phi) is 6.03. The van der Waals surface area contributed by atoms with E-state index >= 15 is 0 Å². The Hall–Kier alpha value is 0.160. The average molecular weight is 269 g/mol. The van der Waals surface area contributed by atoms with Crippen molar-refractivity contribution in [2.24, 2.45) is 0 Å². The van der Waals surface area contributed by atoms with Gasteiger partial charge in [0.15, 0.2) is 0 Å². The minimum Gasteiger partial charge on any atom is -0.195 e. The van der Waals surface area contributed by atoms with E-state index in [4.69, 9.17) is 11.6 Å². The van der Waals surface area contributed by atoms with Gasteiger partial charge in [-0.15, -0.1) is 11.6 Å². The number of rotatable bonds is 7. The summed E-state index contributed by atoms with van der Waals surface area (Å²) in [4.78, 5) is 0. The summed E-state index contributed by atoms with van der Waals surface area (Å²) in [6.07, 6.45) is 3.84. The zero-order valence-corrected chi connectivity index (χ0v) is 11.4. The number of unbranched alkanes of at least 4 members (excludes halogenated alkanes) is 1. The van der Waals surface area contributed by atoms with E-state index in [9.17, 15) is 8.42 Å². The zero-order valence-electron chi connectivity index (χ0n) is 9.86. The van der Waals surface area contributed by atoms with E-state index in [1.807, 2.05) is 0 Å². The van der Waals surface area contributed by atoms with Crippen LogP contribution in [0.3, 0.4) is 0 Å². The molecule has 1 rings (SSSR count). The normalized spacial score (nSPS) is 18.4. The maximum Gasteiger partial charge on any atom is 0.282 e. The molecule has 0 bridgehead atoms. The van der Waals surface area contributed by atoms with Crippen LogP contribution in [0.15, 0.2) is 0 Å². The Morgan fingerprint density at radius 1 is 1.25 bits per heavy atom. The standard InChI is InChI=1S/C10H21ClN2O2S/c1-2-3-7-13(10-6-11)16(14,15)12-8-4-5-9-12/h2-10H2,1H3. The fourth-order valence-corrected chi connectivity index (χ4v) is 3.89. The van der Waals surface area contributed by atoms with Gasteiger partial charge in [0.05, 0.1) is 0 Å². The van der Waals surface area contributed by atoms with Crippen LogP contribution in [0.4, 0.5) is 0 Å². The third kappa shape index (κ3) is 3.58. The minimum absolute atomic E-state index is 0.358. The van der Waals surface area contributed by atoms with Gasteiger partial charge in [-0.1, -0.05) is 13.3 Å². The largest absolute Gasteiger partial charge is 0.282 e. The van der Waals surface area contributed by atoms with E-state index in [-0.39, 0.29) is 0 Å². The Morgan fingerprint density at radius 2 is 1.88 bits per heavy atom. The first-order chi connectivity index (χ1) is 7.62. The van der Waals surface area contributed by atoms with Crippen LogP contribution >= 0.6 is 11.6 Å². The Labute approximate surface area is 104 Å². The molecule has 0 aliphatic carbocycles. The Balaban J connectivity index is 2.66. The van der Waals surface area contributed by atoms with Gasteiger partial charge in [-0.3, -0.25) is 0 Å². The molecular formula is C10H21ClN2O2S. The molecule has 0 saturated carbocycles. The van der Waals surface area contributed by atoms with Crippen LogP contribution in [0.5, 0.6) is 0 Å². The van der Waals surface area contributed by atoms with Gasteiger partial charge in [-0.2, -0.15) is 17.0 Å². The highest BCUT2D eigenvalue weighted by molar-refractivity contribution is 7.86. The Bertz CT molecular complexity index is 289. The number of alkyl halides is 1. The fourth-order valence-electron chi connectivity index (χ4n) is 1.85. The molecule has 1 fully saturated rings. The van der Waals surface area contributed by atoms with Crippen LogP contribution in [0, 0.1) is 0 Å². The molecule has 0 radical (unpaired) electrons. The van der Waals surface area contributed by atoms with Crippen LogP contribution < -0.4 is 0 Å². The summed E-state index contributed by atoms with van der Waals surface area (Å²) in [6, 6.07) is 0. The van der Waals surface area contributed by atoms with Gasteiger partial charge < -0.3 is 0 Å². The highest BCUT2D eigenvalue weighted by Gasteiger charge is 2.30. The Morgan fingerprint density at radius 3 is 2.38 bits per heavy atom. The predicted molar refractivity (Wildman–Crippen MR) is 66.9 cm³/mol. The van der Waals surface area contributed by atoms with Crippen molar-refractivity contribution in [3.63, 3.8) is 0 Å². The van der Waals surface area contributed by atoms with Crippen LogP contribution in [0.1, 0.15) is 32.6 Å². The van der Waals surface area contributed by atoms with Gasteiger partial charge in [0.2, 0.25) is 0 Å². The predicted octanol–water partition coefficient (Wildman–Crippen LogP) is 1.67. The first kappa shape index (κ1) is 14.2.